The lowest BCUT2D eigenvalue weighted by Crippen LogP contribution is -2.42. The predicted molar refractivity (Wildman–Crippen MR) is 90.5 cm³/mol. The van der Waals surface area contributed by atoms with Gasteiger partial charge in [0, 0.05) is 29.3 Å². The van der Waals surface area contributed by atoms with E-state index in [0.717, 1.165) is 0 Å². The van der Waals surface area contributed by atoms with Crippen molar-refractivity contribution in [2.45, 2.75) is 31.6 Å². The van der Waals surface area contributed by atoms with Crippen molar-refractivity contribution in [1.29, 1.82) is 0 Å². The van der Waals surface area contributed by atoms with Gasteiger partial charge in [-0.3, -0.25) is 4.98 Å². The molecule has 0 bridgehead atoms. The predicted octanol–water partition coefficient (Wildman–Crippen LogP) is 3.06. The Morgan fingerprint density at radius 1 is 1.33 bits per heavy atom. The third-order valence-corrected chi connectivity index (χ3v) is 4.93. The van der Waals surface area contributed by atoms with E-state index in [1.807, 2.05) is 0 Å². The van der Waals surface area contributed by atoms with Gasteiger partial charge in [-0.15, -0.1) is 4.72 Å². The monoisotopic (exact) mass is 350 g/mol. The van der Waals surface area contributed by atoms with Crippen LogP contribution in [0.25, 0.3) is 0 Å². The van der Waals surface area contributed by atoms with E-state index in [-0.39, 0.29) is 11.1 Å². The Morgan fingerprint density at radius 2 is 2.04 bits per heavy atom. The molecule has 0 radical (unpaired) electrons. The van der Waals surface area contributed by atoms with Crippen molar-refractivity contribution in [3.63, 3.8) is 0 Å². The van der Waals surface area contributed by atoms with Crippen molar-refractivity contribution in [3.8, 4) is 0 Å². The molecule has 128 valence electrons. The van der Waals surface area contributed by atoms with Crippen LogP contribution in [0.5, 0.6) is 0 Å². The van der Waals surface area contributed by atoms with Crippen LogP contribution in [0.2, 0.25) is 0 Å². The molecule has 0 aliphatic heterocycles. The van der Waals surface area contributed by atoms with Crippen molar-refractivity contribution in [3.05, 3.63) is 65.2 Å². The van der Waals surface area contributed by atoms with E-state index < -0.39 is 33.9 Å². The number of pyridine rings is 1. The molecule has 2 N–H and O–H groups in total. The highest BCUT2D eigenvalue weighted by atomic mass is 32.2. The Balaban J connectivity index is 2.58. The van der Waals surface area contributed by atoms with Crippen LogP contribution in [0.3, 0.4) is 0 Å². The molecule has 2 unspecified atom stereocenters. The van der Waals surface area contributed by atoms with E-state index in [4.69, 9.17) is 0 Å². The molecular weight excluding hydrogens is 331 g/mol. The zero-order valence-corrected chi connectivity index (χ0v) is 14.4. The second kappa shape index (κ2) is 7.29. The van der Waals surface area contributed by atoms with Crippen LogP contribution in [0, 0.1) is 5.82 Å². The highest BCUT2D eigenvalue weighted by Gasteiger charge is 2.33. The van der Waals surface area contributed by atoms with Crippen molar-refractivity contribution in [1.82, 2.24) is 9.71 Å². The molecule has 1 heterocycles. The Bertz CT molecular complexity index is 720. The number of hydrogen-bond donors (Lipinski definition) is 2. The lowest BCUT2D eigenvalue weighted by Gasteiger charge is -2.29. The summed E-state index contributed by atoms with van der Waals surface area (Å²) >= 11 is -1.54. The SMILES string of the molecule is CC(C)(C)[S+]([O-])NC(c1cccnc1)c1c(F)cccc1C(=O)O. The van der Waals surface area contributed by atoms with Gasteiger partial charge >= 0.3 is 5.97 Å². The van der Waals surface area contributed by atoms with Gasteiger partial charge in [0.1, 0.15) is 16.6 Å². The topological polar surface area (TPSA) is 85.3 Å². The second-order valence-corrected chi connectivity index (χ2v) is 8.22. The molecule has 2 aromatic rings. The minimum absolute atomic E-state index is 0.0596. The third-order valence-electron chi connectivity index (χ3n) is 3.37. The molecule has 0 amide bonds. The fourth-order valence-corrected chi connectivity index (χ4v) is 2.96. The van der Waals surface area contributed by atoms with Gasteiger partial charge in [-0.1, -0.05) is 12.1 Å². The Morgan fingerprint density at radius 3 is 2.58 bits per heavy atom. The molecule has 24 heavy (non-hydrogen) atoms. The summed E-state index contributed by atoms with van der Waals surface area (Å²) in [5.74, 6) is -1.93. The number of nitrogens with one attached hydrogen (secondary N) is 1. The minimum atomic E-state index is -1.54. The third kappa shape index (κ3) is 4.11. The molecule has 0 saturated carbocycles. The van der Waals surface area contributed by atoms with Crippen molar-refractivity contribution in [2.24, 2.45) is 0 Å². The fourth-order valence-electron chi connectivity index (χ4n) is 2.14. The van der Waals surface area contributed by atoms with Gasteiger partial charge in [-0.2, -0.15) is 0 Å². The highest BCUT2D eigenvalue weighted by molar-refractivity contribution is 7.90. The van der Waals surface area contributed by atoms with Gasteiger partial charge in [-0.25, -0.2) is 9.18 Å². The van der Waals surface area contributed by atoms with Crippen LogP contribution in [-0.2, 0) is 11.4 Å². The quantitative estimate of drug-likeness (QED) is 0.810. The number of carbonyl (C=O) groups is 1. The summed E-state index contributed by atoms with van der Waals surface area (Å²) in [4.78, 5) is 15.5. The lowest BCUT2D eigenvalue weighted by atomic mass is 9.95. The summed E-state index contributed by atoms with van der Waals surface area (Å²) in [7, 11) is 0. The Labute approximate surface area is 143 Å². The second-order valence-electron chi connectivity index (χ2n) is 6.22. The molecule has 0 aliphatic carbocycles. The van der Waals surface area contributed by atoms with E-state index in [0.29, 0.717) is 5.56 Å². The number of aromatic nitrogens is 1. The molecule has 2 atom stereocenters. The van der Waals surface area contributed by atoms with Crippen LogP contribution in [-0.4, -0.2) is 25.4 Å². The number of nitrogens with zero attached hydrogens (tertiary/aromatic N) is 1. The van der Waals surface area contributed by atoms with E-state index in [1.165, 1.54) is 24.4 Å². The van der Waals surface area contributed by atoms with E-state index in [9.17, 15) is 18.8 Å². The Kier molecular flexibility index (Phi) is 5.58. The number of hydrogen-bond acceptors (Lipinski definition) is 4. The van der Waals surface area contributed by atoms with Gasteiger partial charge in [0.2, 0.25) is 0 Å². The van der Waals surface area contributed by atoms with E-state index in [2.05, 4.69) is 9.71 Å². The molecule has 0 spiro atoms. The van der Waals surface area contributed by atoms with Gasteiger partial charge in [0.25, 0.3) is 0 Å². The van der Waals surface area contributed by atoms with Gasteiger partial charge < -0.3 is 9.66 Å². The first-order valence-corrected chi connectivity index (χ1v) is 8.46. The molecule has 7 heteroatoms. The molecule has 1 aromatic carbocycles. The number of rotatable bonds is 5. The number of halogens is 1. The van der Waals surface area contributed by atoms with Crippen LogP contribution in [0.15, 0.2) is 42.7 Å². The van der Waals surface area contributed by atoms with E-state index in [1.54, 1.807) is 39.1 Å². The highest BCUT2D eigenvalue weighted by Crippen LogP contribution is 2.30. The maximum absolute atomic E-state index is 14.5. The van der Waals surface area contributed by atoms with Gasteiger partial charge in [0.15, 0.2) is 0 Å². The summed E-state index contributed by atoms with van der Waals surface area (Å²) < 4.78 is 29.2. The smallest absolute Gasteiger partial charge is 0.336 e. The normalized spacial score (nSPS) is 14.2. The van der Waals surface area contributed by atoms with Crippen LogP contribution < -0.4 is 4.72 Å². The number of carboxylic acids is 1. The molecule has 5 nitrogen and oxygen atoms in total. The maximum Gasteiger partial charge on any atom is 0.336 e. The van der Waals surface area contributed by atoms with Gasteiger partial charge in [0.05, 0.1) is 5.56 Å². The fraction of sp³-hybridized carbons (Fsp3) is 0.294. The molecule has 1 aromatic heterocycles. The van der Waals surface area contributed by atoms with Crippen molar-refractivity contribution >= 4 is 17.3 Å². The van der Waals surface area contributed by atoms with Crippen LogP contribution in [0.1, 0.15) is 48.3 Å². The summed E-state index contributed by atoms with van der Waals surface area (Å²) in [6, 6.07) is 6.29. The number of benzene rings is 1. The first-order chi connectivity index (χ1) is 11.2. The molecule has 0 fully saturated rings. The van der Waals surface area contributed by atoms with Crippen LogP contribution in [0.4, 0.5) is 4.39 Å². The molecule has 0 aliphatic rings. The molecule has 0 saturated heterocycles. The van der Waals surface area contributed by atoms with E-state index >= 15 is 0 Å². The lowest BCUT2D eigenvalue weighted by molar-refractivity contribution is 0.0694. The summed E-state index contributed by atoms with van der Waals surface area (Å²) in [5, 5.41) is 9.39. The first-order valence-electron chi connectivity index (χ1n) is 7.31. The summed E-state index contributed by atoms with van der Waals surface area (Å²) in [6.07, 6.45) is 3.05. The zero-order chi connectivity index (χ0) is 17.9. The minimum Gasteiger partial charge on any atom is -0.598 e. The summed E-state index contributed by atoms with van der Waals surface area (Å²) in [5.41, 5.74) is 0.292. The molecular formula is C17H19FN2O3S. The summed E-state index contributed by atoms with van der Waals surface area (Å²) in [6.45, 7) is 5.32. The van der Waals surface area contributed by atoms with Crippen LogP contribution >= 0.6 is 0 Å². The van der Waals surface area contributed by atoms with Crippen molar-refractivity contribution < 1.29 is 18.8 Å². The molecule has 2 rings (SSSR count). The zero-order valence-electron chi connectivity index (χ0n) is 13.6. The number of carboxylic acid groups (broad SMARTS) is 1. The maximum atomic E-state index is 14.5. The number of aromatic carboxylic acids is 1. The van der Waals surface area contributed by atoms with Gasteiger partial charge in [-0.05, 0) is 44.5 Å². The Hall–Kier alpha value is -1.96. The van der Waals surface area contributed by atoms with Crippen molar-refractivity contribution in [2.75, 3.05) is 0 Å². The first kappa shape index (κ1) is 18.4. The standard InChI is InChI=1S/C17H19FN2O3S/c1-17(2,3)24(23)20-15(11-6-5-9-19-10-11)14-12(16(21)22)7-4-8-13(14)18/h4-10,15,20H,1-3H3,(H,21,22). The average molecular weight is 350 g/mol. The largest absolute Gasteiger partial charge is 0.598 e. The average Bonchev–Trinajstić information content (AvgIpc) is 2.52.